The molecule has 1 aromatic rings. The van der Waals surface area contributed by atoms with E-state index in [2.05, 4.69) is 0 Å². The Morgan fingerprint density at radius 1 is 1.35 bits per heavy atom. The molecule has 0 radical (unpaired) electrons. The number of β-lactam (4-membered cyclic amide) rings is 2. The largest absolute Gasteiger partial charge is 0.369 e. The minimum absolute atomic E-state index is 0.0431. The van der Waals surface area contributed by atoms with Crippen molar-refractivity contribution in [2.45, 2.75) is 18.6 Å². The molecule has 0 aliphatic carbocycles. The monoisotopic (exact) mass is 312 g/mol. The van der Waals surface area contributed by atoms with Crippen molar-refractivity contribution >= 4 is 35.5 Å². The van der Waals surface area contributed by atoms with Gasteiger partial charge in [0.05, 0.1) is 12.1 Å². The van der Waals surface area contributed by atoms with Crippen LogP contribution in [0.2, 0.25) is 5.02 Å². The van der Waals surface area contributed by atoms with Crippen LogP contribution >= 0.6 is 23.7 Å². The summed E-state index contributed by atoms with van der Waals surface area (Å²) in [5, 5.41) is 0.590. The Morgan fingerprint density at radius 3 is 2.65 bits per heavy atom. The fraction of sp³-hybridized carbons (Fsp3) is 0.385. The summed E-state index contributed by atoms with van der Waals surface area (Å²) >= 11 is 7.35. The molecule has 1 aromatic carbocycles. The van der Waals surface area contributed by atoms with Crippen LogP contribution in [-0.2, 0) is 14.3 Å². The van der Waals surface area contributed by atoms with Gasteiger partial charge in [0.2, 0.25) is 5.91 Å². The maximum atomic E-state index is 12.1. The van der Waals surface area contributed by atoms with E-state index in [0.29, 0.717) is 18.0 Å². The number of methoxy groups -OCH3 is 1. The Morgan fingerprint density at radius 2 is 2.10 bits per heavy atom. The lowest BCUT2D eigenvalue weighted by atomic mass is 9.94. The van der Waals surface area contributed by atoms with Gasteiger partial charge in [0.1, 0.15) is 6.04 Å². The van der Waals surface area contributed by atoms with Gasteiger partial charge in [0.15, 0.2) is 6.10 Å². The van der Waals surface area contributed by atoms with E-state index in [1.807, 2.05) is 18.2 Å². The van der Waals surface area contributed by atoms with Gasteiger partial charge in [-0.25, -0.2) is 0 Å². The summed E-state index contributed by atoms with van der Waals surface area (Å²) in [5.74, 6) is -0.0938. The standard InChI is InChI=1S/C13H13ClN2O3S/c1-19-12-11(8-4-2-3-5-9(8)14)16(13(12)18)20-15-7-6-10(15)17/h2-5,11-12H,6-7H2,1H3/t11-,12+/m0/s1. The first-order chi connectivity index (χ1) is 9.63. The minimum atomic E-state index is -0.543. The predicted octanol–water partition coefficient (Wildman–Crippen LogP) is 2.03. The number of nitrogens with zero attached hydrogens (tertiary/aromatic N) is 2. The minimum Gasteiger partial charge on any atom is -0.369 e. The van der Waals surface area contributed by atoms with Crippen molar-refractivity contribution in [1.29, 1.82) is 0 Å². The molecule has 0 unspecified atom stereocenters. The molecule has 20 heavy (non-hydrogen) atoms. The number of ether oxygens (including phenoxy) is 1. The van der Waals surface area contributed by atoms with Crippen LogP contribution < -0.4 is 0 Å². The van der Waals surface area contributed by atoms with Crippen LogP contribution in [-0.4, -0.2) is 40.2 Å². The number of carbonyl (C=O) groups is 2. The van der Waals surface area contributed by atoms with E-state index < -0.39 is 6.10 Å². The Labute approximate surface area is 126 Å². The molecule has 2 heterocycles. The average Bonchev–Trinajstić information content (AvgIpc) is 2.44. The first-order valence-corrected chi connectivity index (χ1v) is 7.33. The molecule has 0 aromatic heterocycles. The summed E-state index contributed by atoms with van der Waals surface area (Å²) in [7, 11) is 1.50. The second kappa shape index (κ2) is 5.27. The lowest BCUT2D eigenvalue weighted by molar-refractivity contribution is -0.158. The molecule has 2 atom stereocenters. The lowest BCUT2D eigenvalue weighted by Gasteiger charge is -2.47. The summed E-state index contributed by atoms with van der Waals surface area (Å²) in [6, 6.07) is 7.10. The van der Waals surface area contributed by atoms with Gasteiger partial charge in [-0.15, -0.1) is 0 Å². The molecule has 106 valence electrons. The van der Waals surface area contributed by atoms with E-state index in [0.717, 1.165) is 17.7 Å². The number of rotatable bonds is 4. The summed E-state index contributed by atoms with van der Waals surface area (Å²) in [4.78, 5) is 23.5. The number of benzene rings is 1. The molecule has 2 amide bonds. The zero-order chi connectivity index (χ0) is 14.3. The molecule has 2 aliphatic heterocycles. The van der Waals surface area contributed by atoms with E-state index in [-0.39, 0.29) is 17.9 Å². The van der Waals surface area contributed by atoms with Crippen molar-refractivity contribution in [3.63, 3.8) is 0 Å². The van der Waals surface area contributed by atoms with E-state index in [4.69, 9.17) is 16.3 Å². The third-order valence-electron chi connectivity index (χ3n) is 3.47. The molecule has 5 nitrogen and oxygen atoms in total. The second-order valence-electron chi connectivity index (χ2n) is 4.61. The predicted molar refractivity (Wildman–Crippen MR) is 75.8 cm³/mol. The molecule has 0 saturated carbocycles. The van der Waals surface area contributed by atoms with Gasteiger partial charge in [0, 0.05) is 25.1 Å². The van der Waals surface area contributed by atoms with E-state index in [1.165, 1.54) is 7.11 Å². The van der Waals surface area contributed by atoms with Crippen LogP contribution in [0.5, 0.6) is 0 Å². The number of carbonyl (C=O) groups excluding carboxylic acids is 2. The van der Waals surface area contributed by atoms with Crippen LogP contribution in [0.25, 0.3) is 0 Å². The van der Waals surface area contributed by atoms with Crippen molar-refractivity contribution < 1.29 is 14.3 Å². The summed E-state index contributed by atoms with van der Waals surface area (Å²) in [6.07, 6.45) is -0.00163. The van der Waals surface area contributed by atoms with E-state index in [1.54, 1.807) is 14.7 Å². The average molecular weight is 313 g/mol. The quantitative estimate of drug-likeness (QED) is 0.630. The van der Waals surface area contributed by atoms with Crippen molar-refractivity contribution in [2.75, 3.05) is 13.7 Å². The molecule has 7 heteroatoms. The smallest absolute Gasteiger partial charge is 0.266 e. The molecule has 2 fully saturated rings. The number of hydrogen-bond acceptors (Lipinski definition) is 4. The summed E-state index contributed by atoms with van der Waals surface area (Å²) < 4.78 is 8.38. The molecule has 3 rings (SSSR count). The molecule has 0 spiro atoms. The first-order valence-electron chi connectivity index (χ1n) is 6.22. The summed E-state index contributed by atoms with van der Waals surface area (Å²) in [5.41, 5.74) is 0.834. The molecule has 0 bridgehead atoms. The normalized spacial score (nSPS) is 25.5. The Balaban J connectivity index is 1.83. The molecular weight excluding hydrogens is 300 g/mol. The third-order valence-corrected chi connectivity index (χ3v) is 4.98. The van der Waals surface area contributed by atoms with Gasteiger partial charge >= 0.3 is 0 Å². The van der Waals surface area contributed by atoms with Crippen molar-refractivity contribution in [3.05, 3.63) is 34.9 Å². The first kappa shape index (κ1) is 13.7. The van der Waals surface area contributed by atoms with Crippen molar-refractivity contribution in [2.24, 2.45) is 0 Å². The lowest BCUT2D eigenvalue weighted by Crippen LogP contribution is -2.58. The number of halogens is 1. The topological polar surface area (TPSA) is 49.9 Å². The highest BCUT2D eigenvalue weighted by atomic mass is 35.5. The van der Waals surface area contributed by atoms with E-state index in [9.17, 15) is 9.59 Å². The fourth-order valence-electron chi connectivity index (χ4n) is 2.25. The molecular formula is C13H13ClN2O3S. The molecule has 2 aliphatic rings. The van der Waals surface area contributed by atoms with Gasteiger partial charge in [0.25, 0.3) is 5.91 Å². The van der Waals surface area contributed by atoms with Gasteiger partial charge in [-0.1, -0.05) is 29.8 Å². The number of hydrogen-bond donors (Lipinski definition) is 0. The van der Waals surface area contributed by atoms with Gasteiger partial charge in [-0.2, -0.15) is 0 Å². The maximum absolute atomic E-state index is 12.1. The highest BCUT2D eigenvalue weighted by Gasteiger charge is 2.51. The molecule has 0 N–H and O–H groups in total. The van der Waals surface area contributed by atoms with E-state index >= 15 is 0 Å². The van der Waals surface area contributed by atoms with Gasteiger partial charge in [-0.05, 0) is 11.6 Å². The highest BCUT2D eigenvalue weighted by molar-refractivity contribution is 7.95. The van der Waals surface area contributed by atoms with Crippen LogP contribution in [0.4, 0.5) is 0 Å². The Bertz CT molecular complexity index is 568. The Kier molecular flexibility index (Phi) is 3.62. The zero-order valence-corrected chi connectivity index (χ0v) is 12.4. The van der Waals surface area contributed by atoms with Crippen LogP contribution in [0.15, 0.2) is 24.3 Å². The zero-order valence-electron chi connectivity index (χ0n) is 10.8. The maximum Gasteiger partial charge on any atom is 0.266 e. The van der Waals surface area contributed by atoms with Gasteiger partial charge < -0.3 is 4.74 Å². The van der Waals surface area contributed by atoms with Crippen LogP contribution in [0, 0.1) is 0 Å². The Hall–Kier alpha value is -1.24. The SMILES string of the molecule is CO[C@H]1C(=O)N(SN2CCC2=O)[C@H]1c1ccccc1Cl. The number of amides is 2. The van der Waals surface area contributed by atoms with Crippen LogP contribution in [0.1, 0.15) is 18.0 Å². The van der Waals surface area contributed by atoms with Gasteiger partial charge in [-0.3, -0.25) is 18.2 Å². The van der Waals surface area contributed by atoms with Crippen LogP contribution in [0.3, 0.4) is 0 Å². The highest BCUT2D eigenvalue weighted by Crippen LogP contribution is 2.45. The molecule has 2 saturated heterocycles. The fourth-order valence-corrected chi connectivity index (χ4v) is 3.58. The van der Waals surface area contributed by atoms with Crippen molar-refractivity contribution in [3.8, 4) is 0 Å². The third kappa shape index (κ3) is 2.08. The second-order valence-corrected chi connectivity index (χ2v) is 6.02. The van der Waals surface area contributed by atoms with Crippen molar-refractivity contribution in [1.82, 2.24) is 8.61 Å². The summed E-state index contributed by atoms with van der Waals surface area (Å²) in [6.45, 7) is 0.667.